The Kier molecular flexibility index (Phi) is 5.11. The van der Waals surface area contributed by atoms with Gasteiger partial charge in [0, 0.05) is 12.6 Å². The molecule has 1 heterocycles. The first kappa shape index (κ1) is 14.5. The van der Waals surface area contributed by atoms with Crippen LogP contribution in [0.25, 0.3) is 0 Å². The molecule has 20 heavy (non-hydrogen) atoms. The van der Waals surface area contributed by atoms with Crippen LogP contribution in [0.1, 0.15) is 24.7 Å². The summed E-state index contributed by atoms with van der Waals surface area (Å²) in [6.45, 7) is 4.04. The highest BCUT2D eigenvalue weighted by Gasteiger charge is 2.07. The second-order valence-electron chi connectivity index (χ2n) is 4.52. The van der Waals surface area contributed by atoms with Crippen LogP contribution >= 0.6 is 0 Å². The summed E-state index contributed by atoms with van der Waals surface area (Å²) in [5.74, 6) is -0.418. The topological polar surface area (TPSA) is 55.6 Å². The maximum atomic E-state index is 13.1. The van der Waals surface area contributed by atoms with Gasteiger partial charge >= 0.3 is 0 Å². The van der Waals surface area contributed by atoms with E-state index in [1.54, 1.807) is 4.68 Å². The Morgan fingerprint density at radius 2 is 1.95 bits per heavy atom. The predicted molar refractivity (Wildman–Crippen MR) is 69.9 cm³/mol. The Balaban J connectivity index is 1.95. The molecular formula is C13H17F2N5. The van der Waals surface area contributed by atoms with Crippen LogP contribution in [-0.4, -0.2) is 26.8 Å². The molecule has 0 atom stereocenters. The zero-order valence-corrected chi connectivity index (χ0v) is 11.3. The predicted octanol–water partition coefficient (Wildman–Crippen LogP) is 1.69. The Labute approximate surface area is 116 Å². The number of nitrogens with one attached hydrogen (secondary N) is 1. The summed E-state index contributed by atoms with van der Waals surface area (Å²) in [5, 5.41) is 14.6. The summed E-state index contributed by atoms with van der Waals surface area (Å²) in [6.07, 6.45) is 1.50. The fourth-order valence-electron chi connectivity index (χ4n) is 1.89. The quantitative estimate of drug-likeness (QED) is 0.785. The lowest BCUT2D eigenvalue weighted by atomic mass is 10.1. The van der Waals surface area contributed by atoms with Crippen LogP contribution in [-0.2, 0) is 19.5 Å². The zero-order valence-electron chi connectivity index (χ0n) is 11.3. The Morgan fingerprint density at radius 3 is 2.65 bits per heavy atom. The highest BCUT2D eigenvalue weighted by atomic mass is 19.1. The third-order valence-corrected chi connectivity index (χ3v) is 2.85. The molecule has 0 saturated heterocycles. The minimum absolute atomic E-state index is 0.473. The molecule has 1 aromatic heterocycles. The first-order valence-corrected chi connectivity index (χ1v) is 6.59. The molecule has 108 valence electrons. The molecule has 1 N–H and O–H groups in total. The van der Waals surface area contributed by atoms with E-state index < -0.39 is 11.6 Å². The van der Waals surface area contributed by atoms with Crippen molar-refractivity contribution in [1.82, 2.24) is 25.5 Å². The van der Waals surface area contributed by atoms with Crippen LogP contribution in [0, 0.1) is 11.6 Å². The number of aryl methyl sites for hydroxylation is 2. The second kappa shape index (κ2) is 7.04. The van der Waals surface area contributed by atoms with E-state index in [1.807, 2.05) is 0 Å². The third kappa shape index (κ3) is 4.06. The maximum absolute atomic E-state index is 13.1. The van der Waals surface area contributed by atoms with Gasteiger partial charge in [0.25, 0.3) is 0 Å². The number of tetrazole rings is 1. The van der Waals surface area contributed by atoms with Crippen molar-refractivity contribution in [2.45, 2.75) is 32.9 Å². The first-order valence-electron chi connectivity index (χ1n) is 6.59. The minimum atomic E-state index is -0.568. The van der Waals surface area contributed by atoms with Gasteiger partial charge in [-0.05, 0) is 47.5 Å². The Hall–Kier alpha value is -1.89. The summed E-state index contributed by atoms with van der Waals surface area (Å²) in [6, 6.07) is 3.51. The summed E-state index contributed by atoms with van der Waals surface area (Å²) < 4.78 is 27.8. The van der Waals surface area contributed by atoms with E-state index >= 15 is 0 Å². The van der Waals surface area contributed by atoms with E-state index in [1.165, 1.54) is 12.1 Å². The fourth-order valence-corrected chi connectivity index (χ4v) is 1.89. The van der Waals surface area contributed by atoms with Crippen molar-refractivity contribution in [3.05, 3.63) is 41.2 Å². The van der Waals surface area contributed by atoms with E-state index in [9.17, 15) is 8.78 Å². The monoisotopic (exact) mass is 281 g/mol. The first-order chi connectivity index (χ1) is 9.69. The molecule has 7 heteroatoms. The number of hydrogen-bond acceptors (Lipinski definition) is 4. The summed E-state index contributed by atoms with van der Waals surface area (Å²) in [7, 11) is 0. The van der Waals surface area contributed by atoms with Crippen LogP contribution in [0.15, 0.2) is 18.2 Å². The molecule has 1 aromatic carbocycles. The fraction of sp³-hybridized carbons (Fsp3) is 0.462. The molecule has 0 aliphatic rings. The highest BCUT2D eigenvalue weighted by Crippen LogP contribution is 2.09. The van der Waals surface area contributed by atoms with Crippen molar-refractivity contribution in [2.24, 2.45) is 0 Å². The SMILES string of the molecule is CCCNCc1nnnn1CCc1cc(F)cc(F)c1. The van der Waals surface area contributed by atoms with Crippen molar-refractivity contribution >= 4 is 0 Å². The van der Waals surface area contributed by atoms with Crippen molar-refractivity contribution in [2.75, 3.05) is 6.54 Å². The number of nitrogens with zero attached hydrogens (tertiary/aromatic N) is 4. The lowest BCUT2D eigenvalue weighted by Crippen LogP contribution is -2.18. The second-order valence-corrected chi connectivity index (χ2v) is 4.52. The van der Waals surface area contributed by atoms with Crippen molar-refractivity contribution in [3.63, 3.8) is 0 Å². The van der Waals surface area contributed by atoms with Crippen LogP contribution in [0.2, 0.25) is 0 Å². The molecule has 2 aromatic rings. The van der Waals surface area contributed by atoms with Crippen LogP contribution in [0.5, 0.6) is 0 Å². The van der Waals surface area contributed by atoms with E-state index in [0.717, 1.165) is 24.9 Å². The molecule has 0 radical (unpaired) electrons. The standard InChI is InChI=1S/C13H17F2N5/c1-2-4-16-9-13-17-18-19-20(13)5-3-10-6-11(14)8-12(15)7-10/h6-8,16H,2-5,9H2,1H3. The van der Waals surface area contributed by atoms with Crippen LogP contribution < -0.4 is 5.32 Å². The van der Waals surface area contributed by atoms with Crippen molar-refractivity contribution < 1.29 is 8.78 Å². The van der Waals surface area contributed by atoms with Gasteiger partial charge in [0.05, 0.1) is 6.54 Å². The van der Waals surface area contributed by atoms with Gasteiger partial charge in [0.15, 0.2) is 5.82 Å². The molecule has 2 rings (SSSR count). The van der Waals surface area contributed by atoms with Gasteiger partial charge in [-0.15, -0.1) is 5.10 Å². The molecule has 0 unspecified atom stereocenters. The van der Waals surface area contributed by atoms with E-state index in [2.05, 4.69) is 27.8 Å². The number of hydrogen-bond donors (Lipinski definition) is 1. The minimum Gasteiger partial charge on any atom is -0.310 e. The summed E-state index contributed by atoms with van der Waals surface area (Å²) >= 11 is 0. The van der Waals surface area contributed by atoms with Gasteiger partial charge in [-0.2, -0.15) is 0 Å². The average Bonchev–Trinajstić information content (AvgIpc) is 2.83. The van der Waals surface area contributed by atoms with Crippen LogP contribution in [0.4, 0.5) is 8.78 Å². The van der Waals surface area contributed by atoms with Crippen LogP contribution in [0.3, 0.4) is 0 Å². The van der Waals surface area contributed by atoms with Gasteiger partial charge in [-0.3, -0.25) is 0 Å². The zero-order chi connectivity index (χ0) is 14.4. The van der Waals surface area contributed by atoms with Gasteiger partial charge in [0.1, 0.15) is 11.6 Å². The molecule has 0 bridgehead atoms. The molecule has 0 aliphatic carbocycles. The van der Waals surface area contributed by atoms with E-state index in [0.29, 0.717) is 25.1 Å². The number of aromatic nitrogens is 4. The van der Waals surface area contributed by atoms with Gasteiger partial charge in [-0.1, -0.05) is 6.92 Å². The number of halogens is 2. The smallest absolute Gasteiger partial charge is 0.165 e. The van der Waals surface area contributed by atoms with Gasteiger partial charge < -0.3 is 5.32 Å². The van der Waals surface area contributed by atoms with E-state index in [4.69, 9.17) is 0 Å². The lowest BCUT2D eigenvalue weighted by molar-refractivity contribution is 0.535. The Bertz CT molecular complexity index is 535. The van der Waals surface area contributed by atoms with Gasteiger partial charge in [0.2, 0.25) is 0 Å². The molecule has 0 spiro atoms. The molecule has 0 fully saturated rings. The third-order valence-electron chi connectivity index (χ3n) is 2.85. The summed E-state index contributed by atoms with van der Waals surface area (Å²) in [5.41, 5.74) is 0.588. The van der Waals surface area contributed by atoms with Crippen molar-refractivity contribution in [3.8, 4) is 0 Å². The molecule has 5 nitrogen and oxygen atoms in total. The molecular weight excluding hydrogens is 264 g/mol. The maximum Gasteiger partial charge on any atom is 0.165 e. The largest absolute Gasteiger partial charge is 0.310 e. The van der Waals surface area contributed by atoms with E-state index in [-0.39, 0.29) is 0 Å². The molecule has 0 aliphatic heterocycles. The Morgan fingerprint density at radius 1 is 1.20 bits per heavy atom. The molecule has 0 saturated carbocycles. The van der Waals surface area contributed by atoms with Crippen molar-refractivity contribution in [1.29, 1.82) is 0 Å². The lowest BCUT2D eigenvalue weighted by Gasteiger charge is -2.06. The molecule has 0 amide bonds. The van der Waals surface area contributed by atoms with Gasteiger partial charge in [-0.25, -0.2) is 13.5 Å². The number of rotatable bonds is 7. The normalized spacial score (nSPS) is 10.9. The average molecular weight is 281 g/mol. The highest BCUT2D eigenvalue weighted by molar-refractivity contribution is 5.17. The number of benzene rings is 1. The summed E-state index contributed by atoms with van der Waals surface area (Å²) in [4.78, 5) is 0.